The first-order chi connectivity index (χ1) is 14.3. The Labute approximate surface area is 174 Å². The molecule has 0 aliphatic rings. The maximum absolute atomic E-state index is 13.7. The van der Waals surface area contributed by atoms with Crippen LogP contribution in [0.2, 0.25) is 0 Å². The molecule has 0 aromatic heterocycles. The molecule has 3 aromatic carbocycles. The van der Waals surface area contributed by atoms with Crippen LogP contribution in [0.4, 0.5) is 15.8 Å². The van der Waals surface area contributed by atoms with Gasteiger partial charge in [-0.15, -0.1) is 0 Å². The number of hydrogen-bond acceptors (Lipinski definition) is 4. The summed E-state index contributed by atoms with van der Waals surface area (Å²) in [7, 11) is -3.98. The Hall–Kier alpha value is -3.39. The van der Waals surface area contributed by atoms with Crippen molar-refractivity contribution in [3.8, 4) is 5.75 Å². The molecule has 0 aliphatic carbocycles. The van der Waals surface area contributed by atoms with E-state index < -0.39 is 15.8 Å². The fourth-order valence-corrected chi connectivity index (χ4v) is 3.74. The highest BCUT2D eigenvalue weighted by Gasteiger charge is 2.17. The Morgan fingerprint density at radius 2 is 1.57 bits per heavy atom. The lowest BCUT2D eigenvalue weighted by Crippen LogP contribution is -2.16. The number of halogens is 1. The molecule has 0 saturated heterocycles. The lowest BCUT2D eigenvalue weighted by atomic mass is 10.1. The molecule has 156 valence electrons. The molecule has 0 bridgehead atoms. The zero-order valence-electron chi connectivity index (χ0n) is 16.4. The minimum absolute atomic E-state index is 0.0627. The third-order valence-electron chi connectivity index (χ3n) is 4.04. The van der Waals surface area contributed by atoms with Crippen LogP contribution in [0.3, 0.4) is 0 Å². The number of ether oxygens (including phenoxy) is 1. The van der Waals surface area contributed by atoms with Crippen LogP contribution in [0.25, 0.3) is 0 Å². The van der Waals surface area contributed by atoms with Gasteiger partial charge in [-0.3, -0.25) is 9.52 Å². The van der Waals surface area contributed by atoms with Crippen molar-refractivity contribution < 1.29 is 22.3 Å². The minimum Gasteiger partial charge on any atom is -0.490 e. The Balaban J connectivity index is 1.75. The van der Waals surface area contributed by atoms with Crippen LogP contribution in [0, 0.1) is 5.82 Å². The molecular formula is C22H21FN2O4S. The van der Waals surface area contributed by atoms with Gasteiger partial charge in [0.2, 0.25) is 0 Å². The number of sulfonamides is 1. The van der Waals surface area contributed by atoms with E-state index in [1.807, 2.05) is 13.8 Å². The summed E-state index contributed by atoms with van der Waals surface area (Å²) in [6.07, 6.45) is -0.0922. The van der Waals surface area contributed by atoms with Crippen molar-refractivity contribution in [2.75, 3.05) is 10.0 Å². The monoisotopic (exact) mass is 428 g/mol. The number of carbonyl (C=O) groups is 1. The molecule has 0 spiro atoms. The highest BCUT2D eigenvalue weighted by molar-refractivity contribution is 7.92. The predicted octanol–water partition coefficient (Wildman–Crippen LogP) is 4.67. The zero-order chi connectivity index (χ0) is 21.7. The maximum Gasteiger partial charge on any atom is 0.261 e. The fraction of sp³-hybridized carbons (Fsp3) is 0.136. The van der Waals surface area contributed by atoms with Crippen LogP contribution < -0.4 is 14.8 Å². The summed E-state index contributed by atoms with van der Waals surface area (Å²) >= 11 is 0. The molecule has 0 aliphatic heterocycles. The molecule has 8 heteroatoms. The number of anilines is 2. The van der Waals surface area contributed by atoms with E-state index in [2.05, 4.69) is 10.0 Å². The van der Waals surface area contributed by atoms with Crippen LogP contribution in [0.1, 0.15) is 24.2 Å². The minimum atomic E-state index is -3.98. The smallest absolute Gasteiger partial charge is 0.261 e. The normalized spacial score (nSPS) is 11.2. The Kier molecular flexibility index (Phi) is 6.37. The van der Waals surface area contributed by atoms with Gasteiger partial charge in [0.15, 0.2) is 0 Å². The molecule has 0 unspecified atom stereocenters. The fourth-order valence-electron chi connectivity index (χ4n) is 2.67. The van der Waals surface area contributed by atoms with Crippen LogP contribution in [0.15, 0.2) is 77.7 Å². The van der Waals surface area contributed by atoms with Crippen molar-refractivity contribution in [3.05, 3.63) is 84.2 Å². The number of rotatable bonds is 7. The summed E-state index contributed by atoms with van der Waals surface area (Å²) in [6, 6.07) is 17.9. The van der Waals surface area contributed by atoms with Gasteiger partial charge in [-0.25, -0.2) is 12.8 Å². The molecule has 0 fully saturated rings. The number of nitrogens with one attached hydrogen (secondary N) is 2. The van der Waals surface area contributed by atoms with Gasteiger partial charge < -0.3 is 10.1 Å². The van der Waals surface area contributed by atoms with Gasteiger partial charge in [0.05, 0.1) is 22.3 Å². The van der Waals surface area contributed by atoms with Crippen molar-refractivity contribution in [3.63, 3.8) is 0 Å². The van der Waals surface area contributed by atoms with Crippen LogP contribution in [-0.2, 0) is 10.0 Å². The molecule has 0 saturated carbocycles. The summed E-state index contributed by atoms with van der Waals surface area (Å²) < 4.78 is 46.5. The van der Waals surface area contributed by atoms with E-state index in [1.165, 1.54) is 42.5 Å². The second kappa shape index (κ2) is 8.96. The molecule has 30 heavy (non-hydrogen) atoms. The number of amides is 1. The number of carbonyl (C=O) groups excluding carboxylic acids is 1. The predicted molar refractivity (Wildman–Crippen MR) is 114 cm³/mol. The van der Waals surface area contributed by atoms with Crippen molar-refractivity contribution >= 4 is 27.3 Å². The lowest BCUT2D eigenvalue weighted by Gasteiger charge is -2.14. The molecule has 0 heterocycles. The van der Waals surface area contributed by atoms with Crippen LogP contribution in [-0.4, -0.2) is 20.4 Å². The summed E-state index contributed by atoms with van der Waals surface area (Å²) in [5.74, 6) is -0.600. The second-order valence-electron chi connectivity index (χ2n) is 6.73. The van der Waals surface area contributed by atoms with Gasteiger partial charge in [0, 0.05) is 5.69 Å². The van der Waals surface area contributed by atoms with Gasteiger partial charge in [-0.05, 0) is 62.4 Å². The molecule has 0 radical (unpaired) electrons. The Morgan fingerprint density at radius 3 is 2.23 bits per heavy atom. The van der Waals surface area contributed by atoms with E-state index in [4.69, 9.17) is 4.74 Å². The van der Waals surface area contributed by atoms with Gasteiger partial charge in [0.25, 0.3) is 15.9 Å². The summed E-state index contributed by atoms with van der Waals surface area (Å²) in [6.45, 7) is 3.73. The van der Waals surface area contributed by atoms with E-state index in [1.54, 1.807) is 24.3 Å². The topological polar surface area (TPSA) is 84.5 Å². The summed E-state index contributed by atoms with van der Waals surface area (Å²) in [5.41, 5.74) is 0.630. The molecule has 3 aromatic rings. The number of benzene rings is 3. The molecule has 3 rings (SSSR count). The van der Waals surface area contributed by atoms with E-state index >= 15 is 0 Å². The molecular weight excluding hydrogens is 407 g/mol. The van der Waals surface area contributed by atoms with E-state index in [0.717, 1.165) is 6.07 Å². The van der Waals surface area contributed by atoms with Gasteiger partial charge >= 0.3 is 0 Å². The first kappa shape index (κ1) is 21.3. The van der Waals surface area contributed by atoms with Crippen molar-refractivity contribution in [1.29, 1.82) is 0 Å². The molecule has 1 amide bonds. The lowest BCUT2D eigenvalue weighted by molar-refractivity contribution is 0.102. The zero-order valence-corrected chi connectivity index (χ0v) is 17.2. The Morgan fingerprint density at radius 1 is 0.933 bits per heavy atom. The highest BCUT2D eigenvalue weighted by atomic mass is 32.2. The van der Waals surface area contributed by atoms with Crippen molar-refractivity contribution in [2.24, 2.45) is 0 Å². The average molecular weight is 428 g/mol. The SMILES string of the molecule is CC(C)Oc1ccccc1C(=O)Nc1ccc(S(=O)(=O)Nc2ccccc2F)cc1. The quantitative estimate of drug-likeness (QED) is 0.573. The third-order valence-corrected chi connectivity index (χ3v) is 5.42. The van der Waals surface area contributed by atoms with E-state index in [9.17, 15) is 17.6 Å². The molecule has 0 atom stereocenters. The van der Waals surface area contributed by atoms with Crippen molar-refractivity contribution in [2.45, 2.75) is 24.8 Å². The second-order valence-corrected chi connectivity index (χ2v) is 8.41. The molecule has 2 N–H and O–H groups in total. The van der Waals surface area contributed by atoms with E-state index in [0.29, 0.717) is 17.0 Å². The maximum atomic E-state index is 13.7. The average Bonchev–Trinajstić information content (AvgIpc) is 2.70. The van der Waals surface area contributed by atoms with Gasteiger partial charge in [-0.2, -0.15) is 0 Å². The summed E-state index contributed by atoms with van der Waals surface area (Å²) in [4.78, 5) is 12.6. The summed E-state index contributed by atoms with van der Waals surface area (Å²) in [5, 5.41) is 2.72. The first-order valence-electron chi connectivity index (χ1n) is 9.21. The Bertz CT molecular complexity index is 1150. The first-order valence-corrected chi connectivity index (χ1v) is 10.7. The van der Waals surface area contributed by atoms with Gasteiger partial charge in [-0.1, -0.05) is 24.3 Å². The van der Waals surface area contributed by atoms with Crippen LogP contribution >= 0.6 is 0 Å². The largest absolute Gasteiger partial charge is 0.490 e. The third kappa shape index (κ3) is 5.15. The van der Waals surface area contributed by atoms with E-state index in [-0.39, 0.29) is 22.6 Å². The molecule has 6 nitrogen and oxygen atoms in total. The standard InChI is InChI=1S/C22H21FN2O4S/c1-15(2)29-21-10-6-3-7-18(21)22(26)24-16-11-13-17(14-12-16)30(27,28)25-20-9-5-4-8-19(20)23/h3-15,25H,1-2H3,(H,24,26). The van der Waals surface area contributed by atoms with Crippen LogP contribution in [0.5, 0.6) is 5.75 Å². The number of hydrogen-bond donors (Lipinski definition) is 2. The van der Waals surface area contributed by atoms with Gasteiger partial charge in [0.1, 0.15) is 11.6 Å². The highest BCUT2D eigenvalue weighted by Crippen LogP contribution is 2.23. The number of para-hydroxylation sites is 2. The van der Waals surface area contributed by atoms with Crippen molar-refractivity contribution in [1.82, 2.24) is 0 Å².